The standard InChI is InChI=1S/C13H22N2S/c1-10-8-11(2)15-12(9-10)16-7-6-14-13(3,4)5/h8-9,14H,6-7H2,1-5H3. The number of aromatic nitrogens is 1. The smallest absolute Gasteiger partial charge is 0.0966 e. The Morgan fingerprint density at radius 1 is 1.25 bits per heavy atom. The van der Waals surface area contributed by atoms with Crippen molar-refractivity contribution in [3.05, 3.63) is 23.4 Å². The summed E-state index contributed by atoms with van der Waals surface area (Å²) in [4.78, 5) is 4.50. The summed E-state index contributed by atoms with van der Waals surface area (Å²) in [5.41, 5.74) is 2.60. The van der Waals surface area contributed by atoms with Gasteiger partial charge in [-0.2, -0.15) is 0 Å². The highest BCUT2D eigenvalue weighted by atomic mass is 32.2. The number of rotatable bonds is 4. The van der Waals surface area contributed by atoms with Crippen LogP contribution in [0.3, 0.4) is 0 Å². The molecule has 0 amide bonds. The summed E-state index contributed by atoms with van der Waals surface area (Å²) < 4.78 is 0. The van der Waals surface area contributed by atoms with E-state index in [1.165, 1.54) is 5.56 Å². The van der Waals surface area contributed by atoms with Crippen molar-refractivity contribution in [2.45, 2.75) is 45.2 Å². The van der Waals surface area contributed by atoms with Crippen molar-refractivity contribution >= 4 is 11.8 Å². The maximum Gasteiger partial charge on any atom is 0.0966 e. The molecule has 0 saturated carbocycles. The van der Waals surface area contributed by atoms with Crippen LogP contribution in [0.4, 0.5) is 0 Å². The van der Waals surface area contributed by atoms with E-state index in [0.29, 0.717) is 0 Å². The number of pyridine rings is 1. The summed E-state index contributed by atoms with van der Waals surface area (Å²) in [5.74, 6) is 1.06. The van der Waals surface area contributed by atoms with Gasteiger partial charge in [0.2, 0.25) is 0 Å². The zero-order chi connectivity index (χ0) is 12.2. The lowest BCUT2D eigenvalue weighted by molar-refractivity contribution is 0.441. The van der Waals surface area contributed by atoms with E-state index in [1.54, 1.807) is 0 Å². The van der Waals surface area contributed by atoms with Crippen LogP contribution >= 0.6 is 11.8 Å². The SMILES string of the molecule is Cc1cc(C)nc(SCCNC(C)(C)C)c1. The molecule has 0 atom stereocenters. The van der Waals surface area contributed by atoms with Crippen molar-refractivity contribution in [1.82, 2.24) is 10.3 Å². The molecule has 1 N–H and O–H groups in total. The fraction of sp³-hybridized carbons (Fsp3) is 0.615. The van der Waals surface area contributed by atoms with Gasteiger partial charge < -0.3 is 5.32 Å². The van der Waals surface area contributed by atoms with Gasteiger partial charge in [-0.1, -0.05) is 0 Å². The molecule has 0 aliphatic rings. The number of hydrogen-bond acceptors (Lipinski definition) is 3. The summed E-state index contributed by atoms with van der Waals surface area (Å²) in [6.45, 7) is 11.7. The van der Waals surface area contributed by atoms with Gasteiger partial charge in [0.15, 0.2) is 0 Å². The molecule has 0 aliphatic carbocycles. The van der Waals surface area contributed by atoms with Crippen LogP contribution in [-0.4, -0.2) is 22.8 Å². The third kappa shape index (κ3) is 5.52. The minimum atomic E-state index is 0.205. The number of aryl methyl sites for hydroxylation is 2. The Kier molecular flexibility index (Phi) is 4.81. The largest absolute Gasteiger partial charge is 0.311 e. The Hall–Kier alpha value is -0.540. The van der Waals surface area contributed by atoms with Crippen LogP contribution in [0, 0.1) is 13.8 Å². The van der Waals surface area contributed by atoms with Crippen LogP contribution in [0.5, 0.6) is 0 Å². The third-order valence-corrected chi connectivity index (χ3v) is 2.99. The van der Waals surface area contributed by atoms with Crippen molar-refractivity contribution in [3.63, 3.8) is 0 Å². The number of thioether (sulfide) groups is 1. The Labute approximate surface area is 103 Å². The molecule has 2 nitrogen and oxygen atoms in total. The molecule has 0 fully saturated rings. The average molecular weight is 238 g/mol. The highest BCUT2D eigenvalue weighted by Crippen LogP contribution is 2.17. The predicted molar refractivity (Wildman–Crippen MR) is 72.2 cm³/mol. The summed E-state index contributed by atoms with van der Waals surface area (Å²) in [6, 6.07) is 4.26. The van der Waals surface area contributed by atoms with Crippen LogP contribution < -0.4 is 5.32 Å². The Morgan fingerprint density at radius 3 is 2.50 bits per heavy atom. The molecule has 0 radical (unpaired) electrons. The number of nitrogens with one attached hydrogen (secondary N) is 1. The second-order valence-electron chi connectivity index (χ2n) is 5.15. The van der Waals surface area contributed by atoms with Crippen molar-refractivity contribution < 1.29 is 0 Å². The molecular weight excluding hydrogens is 216 g/mol. The summed E-state index contributed by atoms with van der Waals surface area (Å²) in [7, 11) is 0. The normalized spacial score (nSPS) is 11.8. The zero-order valence-electron chi connectivity index (χ0n) is 10.9. The van der Waals surface area contributed by atoms with Gasteiger partial charge in [-0.3, -0.25) is 0 Å². The van der Waals surface area contributed by atoms with Gasteiger partial charge in [0.25, 0.3) is 0 Å². The molecular formula is C13H22N2S. The maximum absolute atomic E-state index is 4.50. The van der Waals surface area contributed by atoms with Crippen LogP contribution in [0.2, 0.25) is 0 Å². The Balaban J connectivity index is 2.37. The third-order valence-electron chi connectivity index (χ3n) is 2.08. The van der Waals surface area contributed by atoms with Crippen LogP contribution in [-0.2, 0) is 0 Å². The van der Waals surface area contributed by atoms with E-state index >= 15 is 0 Å². The van der Waals surface area contributed by atoms with Crippen LogP contribution in [0.1, 0.15) is 32.0 Å². The molecule has 0 saturated heterocycles. The van der Waals surface area contributed by atoms with Crippen LogP contribution in [0.15, 0.2) is 17.2 Å². The van der Waals surface area contributed by atoms with E-state index in [9.17, 15) is 0 Å². The minimum Gasteiger partial charge on any atom is -0.311 e. The highest BCUT2D eigenvalue weighted by molar-refractivity contribution is 7.99. The van der Waals surface area contributed by atoms with Gasteiger partial charge in [0.05, 0.1) is 5.03 Å². The van der Waals surface area contributed by atoms with Gasteiger partial charge in [0, 0.05) is 23.5 Å². The summed E-state index contributed by atoms with van der Waals surface area (Å²) in [5, 5.41) is 4.61. The van der Waals surface area contributed by atoms with Crippen molar-refractivity contribution in [1.29, 1.82) is 0 Å². The number of hydrogen-bond donors (Lipinski definition) is 1. The molecule has 1 heterocycles. The van der Waals surface area contributed by atoms with E-state index < -0.39 is 0 Å². The quantitative estimate of drug-likeness (QED) is 0.644. The molecule has 16 heavy (non-hydrogen) atoms. The monoisotopic (exact) mass is 238 g/mol. The van der Waals surface area contributed by atoms with Gasteiger partial charge in [0.1, 0.15) is 0 Å². The highest BCUT2D eigenvalue weighted by Gasteiger charge is 2.07. The molecule has 3 heteroatoms. The maximum atomic E-state index is 4.50. The molecule has 0 aromatic carbocycles. The van der Waals surface area contributed by atoms with Gasteiger partial charge in [-0.25, -0.2) is 4.98 Å². The lowest BCUT2D eigenvalue weighted by Crippen LogP contribution is -2.37. The van der Waals surface area contributed by atoms with E-state index in [0.717, 1.165) is 23.0 Å². The summed E-state index contributed by atoms with van der Waals surface area (Å²) in [6.07, 6.45) is 0. The van der Waals surface area contributed by atoms with Crippen molar-refractivity contribution in [2.75, 3.05) is 12.3 Å². The van der Waals surface area contributed by atoms with E-state index in [-0.39, 0.29) is 5.54 Å². The van der Waals surface area contributed by atoms with Gasteiger partial charge in [-0.15, -0.1) is 11.8 Å². The lowest BCUT2D eigenvalue weighted by atomic mass is 10.1. The second-order valence-corrected chi connectivity index (χ2v) is 6.26. The van der Waals surface area contributed by atoms with E-state index in [4.69, 9.17) is 0 Å². The van der Waals surface area contributed by atoms with Gasteiger partial charge >= 0.3 is 0 Å². The Bertz CT molecular complexity index is 322. The van der Waals surface area contributed by atoms with E-state index in [1.807, 2.05) is 18.7 Å². The predicted octanol–water partition coefficient (Wildman–Crippen LogP) is 3.18. The zero-order valence-corrected chi connectivity index (χ0v) is 11.7. The topological polar surface area (TPSA) is 24.9 Å². The first-order valence-corrected chi connectivity index (χ1v) is 6.68. The Morgan fingerprint density at radius 2 is 1.94 bits per heavy atom. The van der Waals surface area contributed by atoms with Crippen molar-refractivity contribution in [2.24, 2.45) is 0 Å². The summed E-state index contributed by atoms with van der Waals surface area (Å²) >= 11 is 1.82. The molecule has 90 valence electrons. The molecule has 0 spiro atoms. The molecule has 0 aliphatic heterocycles. The first-order chi connectivity index (χ1) is 7.37. The van der Waals surface area contributed by atoms with Gasteiger partial charge in [-0.05, 0) is 52.3 Å². The van der Waals surface area contributed by atoms with Crippen molar-refractivity contribution in [3.8, 4) is 0 Å². The average Bonchev–Trinajstić information content (AvgIpc) is 2.09. The fourth-order valence-electron chi connectivity index (χ4n) is 1.46. The first kappa shape index (κ1) is 13.5. The minimum absolute atomic E-state index is 0.205. The second kappa shape index (κ2) is 5.69. The molecule has 1 rings (SSSR count). The molecule has 1 aromatic heterocycles. The lowest BCUT2D eigenvalue weighted by Gasteiger charge is -2.20. The number of nitrogens with zero attached hydrogens (tertiary/aromatic N) is 1. The molecule has 0 unspecified atom stereocenters. The molecule has 0 bridgehead atoms. The fourth-order valence-corrected chi connectivity index (χ4v) is 2.35. The van der Waals surface area contributed by atoms with Crippen LogP contribution in [0.25, 0.3) is 0 Å². The first-order valence-electron chi connectivity index (χ1n) is 5.70. The molecule has 1 aromatic rings. The van der Waals surface area contributed by atoms with E-state index in [2.05, 4.69) is 50.1 Å².